The molecule has 3 nitrogen and oxygen atoms in total. The summed E-state index contributed by atoms with van der Waals surface area (Å²) in [6.45, 7) is 2.98. The van der Waals surface area contributed by atoms with Crippen molar-refractivity contribution >= 4 is 29.1 Å². The molecular formula is C18H28ClN3. The third-order valence-corrected chi connectivity index (χ3v) is 4.05. The molecule has 4 heteroatoms. The molecule has 0 aliphatic heterocycles. The van der Waals surface area contributed by atoms with Gasteiger partial charge in [0, 0.05) is 5.39 Å². The van der Waals surface area contributed by atoms with Gasteiger partial charge in [0.15, 0.2) is 0 Å². The zero-order valence-corrected chi connectivity index (χ0v) is 14.3. The number of pyridine rings is 1. The maximum atomic E-state index is 6.24. The smallest absolute Gasteiger partial charge is 0.127 e. The highest BCUT2D eigenvalue weighted by Gasteiger charge is 2.12. The minimum Gasteiger partial charge on any atom is -0.383 e. The Kier molecular flexibility index (Phi) is 8.21. The lowest BCUT2D eigenvalue weighted by molar-refractivity contribution is 0.703. The molecule has 0 radical (unpaired) electrons. The number of halogens is 1. The first kappa shape index (κ1) is 18.7. The average molecular weight is 322 g/mol. The molecule has 0 fully saturated rings. The quantitative estimate of drug-likeness (QED) is 0.714. The normalized spacial score (nSPS) is 10.6. The van der Waals surface area contributed by atoms with E-state index in [1.54, 1.807) is 0 Å². The van der Waals surface area contributed by atoms with E-state index in [2.05, 4.69) is 24.0 Å². The van der Waals surface area contributed by atoms with Crippen LogP contribution in [-0.2, 0) is 12.8 Å². The standard InChI is InChI=1S/C18H27N3.ClH/c1-2-3-4-11-16-14(9-7-8-13-19)15-10-5-6-12-17(15)21-18(16)20;/h5-6,10,12H,2-4,7-9,11,13,19H2,1H3,(H2,20,21);1H. The predicted octanol–water partition coefficient (Wildman–Crippen LogP) is 4.25. The number of benzene rings is 1. The Bertz CT molecular complexity index is 584. The fourth-order valence-corrected chi connectivity index (χ4v) is 2.90. The minimum atomic E-state index is 0. The summed E-state index contributed by atoms with van der Waals surface area (Å²) in [7, 11) is 0. The SMILES string of the molecule is CCCCCc1c(N)nc2ccccc2c1CCCCN.Cl. The van der Waals surface area contributed by atoms with Crippen molar-refractivity contribution in [1.29, 1.82) is 0 Å². The van der Waals surface area contributed by atoms with E-state index in [4.69, 9.17) is 11.5 Å². The summed E-state index contributed by atoms with van der Waals surface area (Å²) in [5, 5.41) is 1.26. The first-order valence-corrected chi connectivity index (χ1v) is 8.14. The number of nitrogen functional groups attached to an aromatic ring is 1. The molecule has 22 heavy (non-hydrogen) atoms. The van der Waals surface area contributed by atoms with Crippen LogP contribution in [0, 0.1) is 0 Å². The Balaban J connectivity index is 0.00000242. The van der Waals surface area contributed by atoms with E-state index in [-0.39, 0.29) is 12.4 Å². The Hall–Kier alpha value is -1.32. The number of nitrogens with zero attached hydrogens (tertiary/aromatic N) is 1. The monoisotopic (exact) mass is 321 g/mol. The first-order valence-electron chi connectivity index (χ1n) is 8.14. The molecule has 0 amide bonds. The van der Waals surface area contributed by atoms with Crippen molar-refractivity contribution in [3.05, 3.63) is 35.4 Å². The molecule has 0 bridgehead atoms. The van der Waals surface area contributed by atoms with Crippen molar-refractivity contribution in [1.82, 2.24) is 4.98 Å². The molecule has 0 saturated carbocycles. The molecule has 0 unspecified atom stereocenters. The van der Waals surface area contributed by atoms with Gasteiger partial charge in [-0.15, -0.1) is 12.4 Å². The third kappa shape index (κ3) is 4.59. The van der Waals surface area contributed by atoms with E-state index < -0.39 is 0 Å². The highest BCUT2D eigenvalue weighted by atomic mass is 35.5. The van der Waals surface area contributed by atoms with Crippen molar-refractivity contribution in [2.75, 3.05) is 12.3 Å². The zero-order chi connectivity index (χ0) is 15.1. The fourth-order valence-electron chi connectivity index (χ4n) is 2.90. The second-order valence-corrected chi connectivity index (χ2v) is 5.67. The number of para-hydroxylation sites is 1. The molecule has 0 atom stereocenters. The molecule has 0 aliphatic rings. The van der Waals surface area contributed by atoms with Gasteiger partial charge in [-0.05, 0) is 55.8 Å². The van der Waals surface area contributed by atoms with Gasteiger partial charge in [-0.1, -0.05) is 38.0 Å². The van der Waals surface area contributed by atoms with Gasteiger partial charge >= 0.3 is 0 Å². The lowest BCUT2D eigenvalue weighted by Crippen LogP contribution is -2.06. The van der Waals surface area contributed by atoms with E-state index in [1.807, 2.05) is 12.1 Å². The van der Waals surface area contributed by atoms with Crippen LogP contribution in [-0.4, -0.2) is 11.5 Å². The van der Waals surface area contributed by atoms with Gasteiger partial charge in [-0.3, -0.25) is 0 Å². The lowest BCUT2D eigenvalue weighted by atomic mass is 9.94. The van der Waals surface area contributed by atoms with Gasteiger partial charge in [0.05, 0.1) is 5.52 Å². The van der Waals surface area contributed by atoms with Crippen LogP contribution in [0.15, 0.2) is 24.3 Å². The van der Waals surface area contributed by atoms with Gasteiger partial charge in [0.1, 0.15) is 5.82 Å². The largest absolute Gasteiger partial charge is 0.383 e. The molecule has 0 spiro atoms. The number of fused-ring (bicyclic) bond motifs is 1. The van der Waals surface area contributed by atoms with Crippen LogP contribution in [0.25, 0.3) is 10.9 Å². The van der Waals surface area contributed by atoms with E-state index in [1.165, 1.54) is 35.8 Å². The van der Waals surface area contributed by atoms with Gasteiger partial charge in [-0.2, -0.15) is 0 Å². The third-order valence-electron chi connectivity index (χ3n) is 4.05. The van der Waals surface area contributed by atoms with Gasteiger partial charge in [0.25, 0.3) is 0 Å². The Labute approximate surface area is 139 Å². The van der Waals surface area contributed by atoms with E-state index in [0.29, 0.717) is 5.82 Å². The van der Waals surface area contributed by atoms with E-state index in [0.717, 1.165) is 37.7 Å². The van der Waals surface area contributed by atoms with Crippen molar-refractivity contribution in [2.45, 2.75) is 51.9 Å². The van der Waals surface area contributed by atoms with E-state index >= 15 is 0 Å². The summed E-state index contributed by atoms with van der Waals surface area (Å²) >= 11 is 0. The van der Waals surface area contributed by atoms with Gasteiger partial charge in [-0.25, -0.2) is 4.98 Å². The number of aryl methyl sites for hydroxylation is 1. The molecule has 1 heterocycles. The molecule has 2 rings (SSSR count). The molecule has 1 aromatic heterocycles. The number of aromatic nitrogens is 1. The fraction of sp³-hybridized carbons (Fsp3) is 0.500. The van der Waals surface area contributed by atoms with Crippen molar-refractivity contribution < 1.29 is 0 Å². The van der Waals surface area contributed by atoms with Crippen molar-refractivity contribution in [3.8, 4) is 0 Å². The van der Waals surface area contributed by atoms with Crippen LogP contribution >= 0.6 is 12.4 Å². The van der Waals surface area contributed by atoms with Crippen LogP contribution < -0.4 is 11.5 Å². The van der Waals surface area contributed by atoms with Crippen molar-refractivity contribution in [3.63, 3.8) is 0 Å². The summed E-state index contributed by atoms with van der Waals surface area (Å²) in [5.41, 5.74) is 15.5. The molecular weight excluding hydrogens is 294 g/mol. The highest BCUT2D eigenvalue weighted by Crippen LogP contribution is 2.28. The first-order chi connectivity index (χ1) is 10.3. The number of nitrogens with two attached hydrogens (primary N) is 2. The van der Waals surface area contributed by atoms with Gasteiger partial charge < -0.3 is 11.5 Å². The number of unbranched alkanes of at least 4 members (excludes halogenated alkanes) is 3. The Morgan fingerprint density at radius 2 is 1.64 bits per heavy atom. The predicted molar refractivity (Wildman–Crippen MR) is 98.6 cm³/mol. The lowest BCUT2D eigenvalue weighted by Gasteiger charge is -2.15. The Morgan fingerprint density at radius 3 is 2.36 bits per heavy atom. The second-order valence-electron chi connectivity index (χ2n) is 5.67. The molecule has 4 N–H and O–H groups in total. The second kappa shape index (κ2) is 9.65. The minimum absolute atomic E-state index is 0. The zero-order valence-electron chi connectivity index (χ0n) is 13.5. The average Bonchev–Trinajstić information content (AvgIpc) is 2.49. The molecule has 0 aliphatic carbocycles. The molecule has 2 aromatic rings. The van der Waals surface area contributed by atoms with Crippen LogP contribution in [0.5, 0.6) is 0 Å². The van der Waals surface area contributed by atoms with Gasteiger partial charge in [0.2, 0.25) is 0 Å². The summed E-state index contributed by atoms with van der Waals surface area (Å²) in [6, 6.07) is 8.33. The summed E-state index contributed by atoms with van der Waals surface area (Å²) < 4.78 is 0. The summed E-state index contributed by atoms with van der Waals surface area (Å²) in [5.74, 6) is 0.715. The summed E-state index contributed by atoms with van der Waals surface area (Å²) in [4.78, 5) is 4.60. The van der Waals surface area contributed by atoms with Crippen LogP contribution in [0.2, 0.25) is 0 Å². The van der Waals surface area contributed by atoms with E-state index in [9.17, 15) is 0 Å². The topological polar surface area (TPSA) is 64.9 Å². The molecule has 122 valence electrons. The highest BCUT2D eigenvalue weighted by molar-refractivity contribution is 5.86. The summed E-state index contributed by atoms with van der Waals surface area (Å²) in [6.07, 6.45) is 7.92. The van der Waals surface area contributed by atoms with Crippen molar-refractivity contribution in [2.24, 2.45) is 5.73 Å². The maximum absolute atomic E-state index is 6.24. The van der Waals surface area contributed by atoms with Crippen LogP contribution in [0.3, 0.4) is 0 Å². The number of anilines is 1. The molecule has 0 saturated heterocycles. The van der Waals surface area contributed by atoms with Crippen LogP contribution in [0.4, 0.5) is 5.82 Å². The maximum Gasteiger partial charge on any atom is 0.127 e. The molecule has 1 aromatic carbocycles. The number of hydrogen-bond donors (Lipinski definition) is 2. The Morgan fingerprint density at radius 1 is 0.955 bits per heavy atom. The van der Waals surface area contributed by atoms with Crippen LogP contribution in [0.1, 0.15) is 50.2 Å². The number of hydrogen-bond acceptors (Lipinski definition) is 3. The number of rotatable bonds is 8.